The number of nitrogens with zero attached hydrogens (tertiary/aromatic N) is 1. The van der Waals surface area contributed by atoms with Crippen molar-refractivity contribution in [2.75, 3.05) is 23.9 Å². The van der Waals surface area contributed by atoms with Gasteiger partial charge in [0.15, 0.2) is 0 Å². The van der Waals surface area contributed by atoms with Gasteiger partial charge < -0.3 is 15.0 Å². The molecule has 1 aliphatic heterocycles. The zero-order valence-electron chi connectivity index (χ0n) is 13.1. The van der Waals surface area contributed by atoms with Crippen LogP contribution in [0.4, 0.5) is 11.4 Å². The molecule has 0 aliphatic carbocycles. The van der Waals surface area contributed by atoms with Crippen LogP contribution in [0.2, 0.25) is 0 Å². The molecule has 3 rings (SSSR count). The maximum absolute atomic E-state index is 12.4. The highest BCUT2D eigenvalue weighted by atomic mass is 16.5. The van der Waals surface area contributed by atoms with Gasteiger partial charge in [-0.05, 0) is 37.3 Å². The number of aryl methyl sites for hydroxylation is 1. The number of rotatable bonds is 2. The zero-order valence-corrected chi connectivity index (χ0v) is 13.1. The third kappa shape index (κ3) is 3.18. The Balaban J connectivity index is 1.86. The standard InChI is InChI=1S/C18H18N2O3/c1-12-3-6-14(7-4-12)19-18(22)13-5-8-16-15(11-13)20(2)17(21)9-10-23-16/h3-8,11H,9-10H2,1-2H3,(H,19,22). The van der Waals surface area contributed by atoms with Gasteiger partial charge in [-0.25, -0.2) is 0 Å². The molecule has 0 saturated heterocycles. The number of carbonyl (C=O) groups is 2. The predicted octanol–water partition coefficient (Wildman–Crippen LogP) is 2.99. The van der Waals surface area contributed by atoms with Crippen molar-refractivity contribution in [3.63, 3.8) is 0 Å². The lowest BCUT2D eigenvalue weighted by molar-refractivity contribution is -0.118. The first kappa shape index (κ1) is 15.1. The fourth-order valence-electron chi connectivity index (χ4n) is 2.43. The van der Waals surface area contributed by atoms with Crippen molar-refractivity contribution in [1.29, 1.82) is 0 Å². The van der Waals surface area contributed by atoms with E-state index in [0.29, 0.717) is 30.0 Å². The van der Waals surface area contributed by atoms with Crippen LogP contribution in [0.1, 0.15) is 22.3 Å². The minimum absolute atomic E-state index is 0.0279. The Kier molecular flexibility index (Phi) is 4.02. The van der Waals surface area contributed by atoms with E-state index in [1.165, 1.54) is 4.90 Å². The molecule has 0 fully saturated rings. The van der Waals surface area contributed by atoms with Crippen LogP contribution in [-0.2, 0) is 4.79 Å². The molecule has 2 amide bonds. The fourth-order valence-corrected chi connectivity index (χ4v) is 2.43. The van der Waals surface area contributed by atoms with Crippen LogP contribution >= 0.6 is 0 Å². The molecule has 0 radical (unpaired) electrons. The zero-order chi connectivity index (χ0) is 16.4. The summed E-state index contributed by atoms with van der Waals surface area (Å²) in [5.41, 5.74) is 2.96. The molecule has 0 aromatic heterocycles. The molecule has 0 atom stereocenters. The summed E-state index contributed by atoms with van der Waals surface area (Å²) < 4.78 is 5.56. The molecule has 1 heterocycles. The molecule has 1 aliphatic rings. The largest absolute Gasteiger partial charge is 0.491 e. The molecular formula is C18H18N2O3. The fraction of sp³-hybridized carbons (Fsp3) is 0.222. The average Bonchev–Trinajstić information content (AvgIpc) is 2.69. The van der Waals surface area contributed by atoms with E-state index in [-0.39, 0.29) is 11.8 Å². The molecule has 1 N–H and O–H groups in total. The predicted molar refractivity (Wildman–Crippen MR) is 89.1 cm³/mol. The van der Waals surface area contributed by atoms with E-state index < -0.39 is 0 Å². The van der Waals surface area contributed by atoms with Gasteiger partial charge in [-0.15, -0.1) is 0 Å². The molecule has 0 unspecified atom stereocenters. The van der Waals surface area contributed by atoms with Crippen molar-refractivity contribution in [3.8, 4) is 5.75 Å². The van der Waals surface area contributed by atoms with E-state index in [0.717, 1.165) is 11.3 Å². The normalized spacial score (nSPS) is 13.8. The van der Waals surface area contributed by atoms with Gasteiger partial charge in [0, 0.05) is 18.3 Å². The molecule has 0 spiro atoms. The van der Waals surface area contributed by atoms with Gasteiger partial charge in [-0.3, -0.25) is 9.59 Å². The lowest BCUT2D eigenvalue weighted by atomic mass is 10.1. The van der Waals surface area contributed by atoms with Crippen LogP contribution in [0.15, 0.2) is 42.5 Å². The molecule has 5 nitrogen and oxygen atoms in total. The van der Waals surface area contributed by atoms with Crippen molar-refractivity contribution in [2.45, 2.75) is 13.3 Å². The van der Waals surface area contributed by atoms with Gasteiger partial charge >= 0.3 is 0 Å². The third-order valence-corrected chi connectivity index (χ3v) is 3.84. The maximum Gasteiger partial charge on any atom is 0.255 e. The van der Waals surface area contributed by atoms with Gasteiger partial charge in [0.05, 0.1) is 18.7 Å². The molecule has 118 valence electrons. The lowest BCUT2D eigenvalue weighted by Crippen LogP contribution is -2.25. The molecule has 2 aromatic rings. The summed E-state index contributed by atoms with van der Waals surface area (Å²) in [7, 11) is 1.69. The number of carbonyl (C=O) groups excluding carboxylic acids is 2. The SMILES string of the molecule is Cc1ccc(NC(=O)c2ccc3c(c2)N(C)C(=O)CCO3)cc1. The van der Waals surface area contributed by atoms with Crippen LogP contribution in [0.25, 0.3) is 0 Å². The minimum atomic E-state index is -0.221. The van der Waals surface area contributed by atoms with Crippen molar-refractivity contribution >= 4 is 23.2 Å². The first-order chi connectivity index (χ1) is 11.0. The average molecular weight is 310 g/mol. The number of anilines is 2. The monoisotopic (exact) mass is 310 g/mol. The van der Waals surface area contributed by atoms with Gasteiger partial charge in [-0.1, -0.05) is 17.7 Å². The van der Waals surface area contributed by atoms with Crippen LogP contribution in [-0.4, -0.2) is 25.5 Å². The van der Waals surface area contributed by atoms with Gasteiger partial charge in [-0.2, -0.15) is 0 Å². The second-order valence-corrected chi connectivity index (χ2v) is 5.55. The van der Waals surface area contributed by atoms with Crippen LogP contribution in [0, 0.1) is 6.92 Å². The Morgan fingerprint density at radius 1 is 1.17 bits per heavy atom. The summed E-state index contributed by atoms with van der Waals surface area (Å²) in [6.07, 6.45) is 0.329. The highest BCUT2D eigenvalue weighted by molar-refractivity contribution is 6.06. The summed E-state index contributed by atoms with van der Waals surface area (Å²) in [5, 5.41) is 2.85. The number of hydrogen-bond acceptors (Lipinski definition) is 3. The highest BCUT2D eigenvalue weighted by Gasteiger charge is 2.21. The summed E-state index contributed by atoms with van der Waals surface area (Å²) in [6, 6.07) is 12.7. The molecule has 0 saturated carbocycles. The van der Waals surface area contributed by atoms with Gasteiger partial charge in [0.2, 0.25) is 5.91 Å². The highest BCUT2D eigenvalue weighted by Crippen LogP contribution is 2.31. The third-order valence-electron chi connectivity index (χ3n) is 3.84. The maximum atomic E-state index is 12.4. The van der Waals surface area contributed by atoms with Crippen LogP contribution in [0.5, 0.6) is 5.75 Å². The van der Waals surface area contributed by atoms with E-state index >= 15 is 0 Å². The Labute approximate surface area is 134 Å². The number of amides is 2. The number of fused-ring (bicyclic) bond motifs is 1. The number of ether oxygens (including phenoxy) is 1. The van der Waals surface area contributed by atoms with Crippen LogP contribution < -0.4 is 15.0 Å². The molecular weight excluding hydrogens is 292 g/mol. The second kappa shape index (κ2) is 6.12. The summed E-state index contributed by atoms with van der Waals surface area (Å²) in [6.45, 7) is 2.34. The second-order valence-electron chi connectivity index (χ2n) is 5.55. The number of hydrogen-bond donors (Lipinski definition) is 1. The van der Waals surface area contributed by atoms with Gasteiger partial charge in [0.1, 0.15) is 5.75 Å². The van der Waals surface area contributed by atoms with Crippen molar-refractivity contribution < 1.29 is 14.3 Å². The first-order valence-electron chi connectivity index (χ1n) is 7.46. The minimum Gasteiger partial charge on any atom is -0.491 e. The van der Waals surface area contributed by atoms with E-state index in [9.17, 15) is 9.59 Å². The topological polar surface area (TPSA) is 58.6 Å². The number of nitrogens with one attached hydrogen (secondary N) is 1. The Morgan fingerprint density at radius 2 is 1.91 bits per heavy atom. The summed E-state index contributed by atoms with van der Waals surface area (Å²) in [5.74, 6) is 0.367. The van der Waals surface area contributed by atoms with E-state index in [1.807, 2.05) is 31.2 Å². The van der Waals surface area contributed by atoms with E-state index in [2.05, 4.69) is 5.32 Å². The smallest absolute Gasteiger partial charge is 0.255 e. The Bertz CT molecular complexity index is 753. The first-order valence-corrected chi connectivity index (χ1v) is 7.46. The van der Waals surface area contributed by atoms with Crippen LogP contribution in [0.3, 0.4) is 0 Å². The van der Waals surface area contributed by atoms with Crippen molar-refractivity contribution in [2.24, 2.45) is 0 Å². The van der Waals surface area contributed by atoms with Gasteiger partial charge in [0.25, 0.3) is 5.91 Å². The van der Waals surface area contributed by atoms with E-state index in [1.54, 1.807) is 25.2 Å². The quantitative estimate of drug-likeness (QED) is 0.927. The molecule has 0 bridgehead atoms. The van der Waals surface area contributed by atoms with Crippen molar-refractivity contribution in [3.05, 3.63) is 53.6 Å². The van der Waals surface area contributed by atoms with E-state index in [4.69, 9.17) is 4.74 Å². The Morgan fingerprint density at radius 3 is 2.65 bits per heavy atom. The summed E-state index contributed by atoms with van der Waals surface area (Å²) in [4.78, 5) is 25.9. The van der Waals surface area contributed by atoms with Crippen molar-refractivity contribution in [1.82, 2.24) is 0 Å². The molecule has 2 aromatic carbocycles. The lowest BCUT2D eigenvalue weighted by Gasteiger charge is -2.17. The number of benzene rings is 2. The molecule has 23 heavy (non-hydrogen) atoms. The molecule has 5 heteroatoms. The summed E-state index contributed by atoms with van der Waals surface area (Å²) >= 11 is 0. The Hall–Kier alpha value is -2.82.